The molecule has 5 nitrogen and oxygen atoms in total. The molecule has 16 heavy (non-hydrogen) atoms. The maximum Gasteiger partial charge on any atom is 0.318 e. The Hall–Kier alpha value is -1.40. The van der Waals surface area contributed by atoms with Gasteiger partial charge in [-0.1, -0.05) is 6.07 Å². The van der Waals surface area contributed by atoms with E-state index in [4.69, 9.17) is 5.73 Å². The number of amides is 3. The van der Waals surface area contributed by atoms with Crippen molar-refractivity contribution in [1.29, 1.82) is 0 Å². The van der Waals surface area contributed by atoms with Crippen LogP contribution in [0, 0.1) is 0 Å². The van der Waals surface area contributed by atoms with Crippen LogP contribution in [0.2, 0.25) is 0 Å². The molecule has 1 unspecified atom stereocenters. The van der Waals surface area contributed by atoms with Gasteiger partial charge < -0.3 is 5.73 Å². The van der Waals surface area contributed by atoms with Gasteiger partial charge in [-0.15, -0.1) is 11.3 Å². The van der Waals surface area contributed by atoms with Crippen molar-refractivity contribution in [3.8, 4) is 0 Å². The summed E-state index contributed by atoms with van der Waals surface area (Å²) >= 11 is 1.61. The van der Waals surface area contributed by atoms with E-state index in [0.29, 0.717) is 0 Å². The Balaban J connectivity index is 2.48. The van der Waals surface area contributed by atoms with E-state index in [-0.39, 0.29) is 6.04 Å². The van der Waals surface area contributed by atoms with Crippen LogP contribution in [0.25, 0.3) is 0 Å². The molecule has 0 saturated carbocycles. The molecule has 88 valence electrons. The third-order valence-electron chi connectivity index (χ3n) is 2.11. The molecule has 0 bridgehead atoms. The van der Waals surface area contributed by atoms with E-state index in [9.17, 15) is 9.59 Å². The van der Waals surface area contributed by atoms with E-state index in [1.165, 1.54) is 0 Å². The van der Waals surface area contributed by atoms with Crippen LogP contribution in [-0.2, 0) is 4.79 Å². The van der Waals surface area contributed by atoms with Gasteiger partial charge in [-0.25, -0.2) is 4.79 Å². The number of hydrogen-bond donors (Lipinski definition) is 3. The highest BCUT2D eigenvalue weighted by atomic mass is 32.1. The monoisotopic (exact) mass is 241 g/mol. The van der Waals surface area contributed by atoms with Gasteiger partial charge >= 0.3 is 6.03 Å². The minimum absolute atomic E-state index is 0.0635. The number of thiophene rings is 1. The van der Waals surface area contributed by atoms with Gasteiger partial charge in [0.25, 0.3) is 0 Å². The zero-order valence-electron chi connectivity index (χ0n) is 9.19. The van der Waals surface area contributed by atoms with Crippen molar-refractivity contribution < 1.29 is 9.59 Å². The van der Waals surface area contributed by atoms with Crippen molar-refractivity contribution in [2.75, 3.05) is 0 Å². The van der Waals surface area contributed by atoms with Gasteiger partial charge in [-0.2, -0.15) is 0 Å². The quantitative estimate of drug-likeness (QED) is 0.734. The Labute approximate surface area is 98.0 Å². The van der Waals surface area contributed by atoms with E-state index >= 15 is 0 Å². The summed E-state index contributed by atoms with van der Waals surface area (Å²) in [6.07, 6.45) is 0. The standard InChI is InChI=1S/C10H15N3O2S/c1-6(8-4-3-5-16-8)12-7(2)9(14)13-10(11)15/h3-7,12H,1-2H3,(H3,11,13,14,15)/t6-,7?/m1/s1. The molecule has 0 aromatic carbocycles. The lowest BCUT2D eigenvalue weighted by molar-refractivity contribution is -0.121. The zero-order chi connectivity index (χ0) is 12.1. The fourth-order valence-corrected chi connectivity index (χ4v) is 2.04. The number of imide groups is 1. The van der Waals surface area contributed by atoms with Crippen molar-refractivity contribution in [2.24, 2.45) is 5.73 Å². The van der Waals surface area contributed by atoms with Crippen LogP contribution in [0.5, 0.6) is 0 Å². The molecule has 2 atom stereocenters. The minimum Gasteiger partial charge on any atom is -0.351 e. The third-order valence-corrected chi connectivity index (χ3v) is 3.16. The Morgan fingerprint density at radius 1 is 1.44 bits per heavy atom. The molecule has 0 aliphatic heterocycles. The molecule has 1 aromatic rings. The number of rotatable bonds is 4. The van der Waals surface area contributed by atoms with Gasteiger partial charge in [0.15, 0.2) is 0 Å². The van der Waals surface area contributed by atoms with Crippen LogP contribution in [0.4, 0.5) is 4.79 Å². The topological polar surface area (TPSA) is 84.2 Å². The maximum absolute atomic E-state index is 11.4. The molecule has 1 aromatic heterocycles. The molecule has 0 aliphatic carbocycles. The molecular weight excluding hydrogens is 226 g/mol. The van der Waals surface area contributed by atoms with Crippen molar-refractivity contribution in [3.63, 3.8) is 0 Å². The summed E-state index contributed by atoms with van der Waals surface area (Å²) in [5.41, 5.74) is 4.86. The molecule has 0 spiro atoms. The Morgan fingerprint density at radius 3 is 2.62 bits per heavy atom. The summed E-state index contributed by atoms with van der Waals surface area (Å²) < 4.78 is 0. The summed E-state index contributed by atoms with van der Waals surface area (Å²) in [7, 11) is 0. The lowest BCUT2D eigenvalue weighted by atomic mass is 10.2. The second-order valence-corrected chi connectivity index (χ2v) is 4.46. The number of nitrogens with two attached hydrogens (primary N) is 1. The highest BCUT2D eigenvalue weighted by Gasteiger charge is 2.17. The average Bonchev–Trinajstić information content (AvgIpc) is 2.68. The number of primary amides is 1. The number of nitrogens with one attached hydrogen (secondary N) is 2. The summed E-state index contributed by atoms with van der Waals surface area (Å²) in [5.74, 6) is -0.420. The van der Waals surface area contributed by atoms with Crippen LogP contribution in [0.15, 0.2) is 17.5 Å². The summed E-state index contributed by atoms with van der Waals surface area (Å²) in [5, 5.41) is 7.09. The molecule has 0 aliphatic rings. The molecule has 0 saturated heterocycles. The van der Waals surface area contributed by atoms with Gasteiger partial charge in [0.2, 0.25) is 5.91 Å². The molecule has 0 radical (unpaired) electrons. The lowest BCUT2D eigenvalue weighted by Gasteiger charge is -2.17. The molecule has 3 amide bonds. The lowest BCUT2D eigenvalue weighted by Crippen LogP contribution is -2.46. The normalized spacial score (nSPS) is 14.1. The number of carbonyl (C=O) groups excluding carboxylic acids is 2. The molecule has 4 N–H and O–H groups in total. The van der Waals surface area contributed by atoms with Crippen molar-refractivity contribution in [3.05, 3.63) is 22.4 Å². The first-order valence-corrected chi connectivity index (χ1v) is 5.78. The van der Waals surface area contributed by atoms with Crippen LogP contribution < -0.4 is 16.4 Å². The van der Waals surface area contributed by atoms with Crippen LogP contribution >= 0.6 is 11.3 Å². The smallest absolute Gasteiger partial charge is 0.318 e. The Morgan fingerprint density at radius 2 is 2.12 bits per heavy atom. The fourth-order valence-electron chi connectivity index (χ4n) is 1.30. The maximum atomic E-state index is 11.4. The molecule has 1 heterocycles. The average molecular weight is 241 g/mol. The van der Waals surface area contributed by atoms with E-state index in [1.807, 2.05) is 29.8 Å². The summed E-state index contributed by atoms with van der Waals surface area (Å²) in [6.45, 7) is 3.64. The largest absolute Gasteiger partial charge is 0.351 e. The second kappa shape index (κ2) is 5.62. The predicted molar refractivity (Wildman–Crippen MR) is 63.1 cm³/mol. The van der Waals surface area contributed by atoms with Crippen LogP contribution in [0.3, 0.4) is 0 Å². The molecular formula is C10H15N3O2S. The van der Waals surface area contributed by atoms with E-state index in [2.05, 4.69) is 5.32 Å². The Bertz CT molecular complexity index is 364. The number of hydrogen-bond acceptors (Lipinski definition) is 4. The molecule has 6 heteroatoms. The second-order valence-electron chi connectivity index (χ2n) is 3.48. The SMILES string of the molecule is CC(N[C@H](C)c1cccs1)C(=O)NC(N)=O. The van der Waals surface area contributed by atoms with Crippen molar-refractivity contribution >= 4 is 23.3 Å². The number of urea groups is 1. The van der Waals surface area contributed by atoms with Gasteiger partial charge in [0.1, 0.15) is 0 Å². The van der Waals surface area contributed by atoms with Gasteiger partial charge in [-0.3, -0.25) is 15.4 Å². The highest BCUT2D eigenvalue weighted by Crippen LogP contribution is 2.18. The van der Waals surface area contributed by atoms with Crippen LogP contribution in [0.1, 0.15) is 24.8 Å². The molecule has 1 rings (SSSR count). The third kappa shape index (κ3) is 3.63. The van der Waals surface area contributed by atoms with Gasteiger partial charge in [-0.05, 0) is 25.3 Å². The van der Waals surface area contributed by atoms with Gasteiger partial charge in [0, 0.05) is 10.9 Å². The Kier molecular flexibility index (Phi) is 4.45. The van der Waals surface area contributed by atoms with Crippen molar-refractivity contribution in [2.45, 2.75) is 25.9 Å². The van der Waals surface area contributed by atoms with E-state index < -0.39 is 18.0 Å². The number of carbonyl (C=O) groups is 2. The highest BCUT2D eigenvalue weighted by molar-refractivity contribution is 7.10. The van der Waals surface area contributed by atoms with Crippen LogP contribution in [-0.4, -0.2) is 18.0 Å². The predicted octanol–water partition coefficient (Wildman–Crippen LogP) is 0.982. The minimum atomic E-state index is -0.831. The summed E-state index contributed by atoms with van der Waals surface area (Å²) in [6, 6.07) is 2.70. The molecule has 0 fully saturated rings. The first kappa shape index (κ1) is 12.7. The zero-order valence-corrected chi connectivity index (χ0v) is 10.0. The van der Waals surface area contributed by atoms with Crippen molar-refractivity contribution in [1.82, 2.24) is 10.6 Å². The van der Waals surface area contributed by atoms with Gasteiger partial charge in [0.05, 0.1) is 6.04 Å². The first-order chi connectivity index (χ1) is 7.50. The van der Waals surface area contributed by atoms with E-state index in [1.54, 1.807) is 18.3 Å². The first-order valence-electron chi connectivity index (χ1n) is 4.90. The van der Waals surface area contributed by atoms with E-state index in [0.717, 1.165) is 4.88 Å². The summed E-state index contributed by atoms with van der Waals surface area (Å²) in [4.78, 5) is 23.0. The fraction of sp³-hybridized carbons (Fsp3) is 0.400.